The Morgan fingerprint density at radius 3 is 2.28 bits per heavy atom. The van der Waals surface area contributed by atoms with Gasteiger partial charge in [0.2, 0.25) is 5.91 Å². The van der Waals surface area contributed by atoms with Gasteiger partial charge < -0.3 is 29.0 Å². The number of carbonyl (C=O) groups is 2. The molecule has 2 amide bonds. The third-order valence-corrected chi connectivity index (χ3v) is 6.09. The summed E-state index contributed by atoms with van der Waals surface area (Å²) in [6.07, 6.45) is -0.182. The Hall–Kier alpha value is -2.26. The molecule has 1 aromatic carbocycles. The van der Waals surface area contributed by atoms with Crippen molar-refractivity contribution < 1.29 is 28.4 Å². The topological polar surface area (TPSA) is 86.3 Å². The first kappa shape index (κ1) is 24.4. The van der Waals surface area contributed by atoms with Gasteiger partial charge in [0.25, 0.3) is 0 Å². The molecule has 2 heterocycles. The SMILES string of the molecule is COc1cc(B2OC(C)(C)C(C)(C)O2)ccc1CC(=O)NC1CN(C(=O)OC(C)(C)C)C1. The van der Waals surface area contributed by atoms with Crippen LogP contribution in [-0.2, 0) is 25.3 Å². The molecule has 0 unspecified atom stereocenters. The van der Waals surface area contributed by atoms with Gasteiger partial charge >= 0.3 is 13.2 Å². The molecule has 0 bridgehead atoms. The van der Waals surface area contributed by atoms with Crippen molar-refractivity contribution in [1.29, 1.82) is 0 Å². The summed E-state index contributed by atoms with van der Waals surface area (Å²) in [6, 6.07) is 5.55. The van der Waals surface area contributed by atoms with Gasteiger partial charge in [-0.25, -0.2) is 4.79 Å². The number of nitrogens with one attached hydrogen (secondary N) is 1. The molecule has 176 valence electrons. The second kappa shape index (κ2) is 8.59. The Balaban J connectivity index is 1.56. The molecular weight excluding hydrogens is 411 g/mol. The fourth-order valence-electron chi connectivity index (χ4n) is 3.53. The maximum Gasteiger partial charge on any atom is 0.494 e. The number of nitrogens with zero attached hydrogens (tertiary/aromatic N) is 1. The highest BCUT2D eigenvalue weighted by Crippen LogP contribution is 2.36. The van der Waals surface area contributed by atoms with E-state index in [4.69, 9.17) is 18.8 Å². The van der Waals surface area contributed by atoms with E-state index in [2.05, 4.69) is 5.32 Å². The van der Waals surface area contributed by atoms with Crippen LogP contribution < -0.4 is 15.5 Å². The van der Waals surface area contributed by atoms with E-state index in [1.165, 1.54) is 0 Å². The lowest BCUT2D eigenvalue weighted by molar-refractivity contribution is -0.122. The molecule has 1 aromatic rings. The molecule has 2 fully saturated rings. The van der Waals surface area contributed by atoms with Crippen LogP contribution >= 0.6 is 0 Å². The van der Waals surface area contributed by atoms with E-state index in [0.717, 1.165) is 11.0 Å². The molecule has 0 radical (unpaired) electrons. The van der Waals surface area contributed by atoms with Crippen LogP contribution in [0.4, 0.5) is 4.79 Å². The first-order valence-electron chi connectivity index (χ1n) is 11.0. The second-order valence-electron chi connectivity index (χ2n) is 10.5. The minimum Gasteiger partial charge on any atom is -0.496 e. The van der Waals surface area contributed by atoms with Crippen molar-refractivity contribution in [2.45, 2.75) is 77.7 Å². The lowest BCUT2D eigenvalue weighted by atomic mass is 9.78. The summed E-state index contributed by atoms with van der Waals surface area (Å²) in [5.74, 6) is 0.483. The lowest BCUT2D eigenvalue weighted by Gasteiger charge is -2.40. The van der Waals surface area contributed by atoms with Crippen LogP contribution in [0, 0.1) is 0 Å². The minimum atomic E-state index is -0.534. The summed E-state index contributed by atoms with van der Waals surface area (Å²) in [7, 11) is 1.08. The lowest BCUT2D eigenvalue weighted by Crippen LogP contribution is -2.61. The van der Waals surface area contributed by atoms with Gasteiger partial charge in [-0.15, -0.1) is 0 Å². The maximum absolute atomic E-state index is 12.5. The van der Waals surface area contributed by atoms with Crippen LogP contribution in [0.1, 0.15) is 54.0 Å². The molecule has 0 aromatic heterocycles. The quantitative estimate of drug-likeness (QED) is 0.699. The molecule has 2 saturated heterocycles. The van der Waals surface area contributed by atoms with E-state index in [9.17, 15) is 9.59 Å². The first-order chi connectivity index (χ1) is 14.7. The molecule has 32 heavy (non-hydrogen) atoms. The van der Waals surface area contributed by atoms with E-state index in [0.29, 0.717) is 18.8 Å². The molecule has 8 nitrogen and oxygen atoms in total. The molecular formula is C23H35BN2O6. The van der Waals surface area contributed by atoms with Crippen molar-refractivity contribution in [3.63, 3.8) is 0 Å². The fraction of sp³-hybridized carbons (Fsp3) is 0.652. The van der Waals surface area contributed by atoms with Crippen LogP contribution in [0.25, 0.3) is 0 Å². The largest absolute Gasteiger partial charge is 0.496 e. The predicted octanol–water partition coefficient (Wildman–Crippen LogP) is 2.27. The van der Waals surface area contributed by atoms with E-state index < -0.39 is 23.9 Å². The standard InChI is InChI=1S/C23H35BN2O6/c1-21(2,3)30-20(28)26-13-17(14-26)25-19(27)11-15-9-10-16(12-18(15)29-8)24-31-22(4,5)23(6,7)32-24/h9-10,12,17H,11,13-14H2,1-8H3,(H,25,27). The number of hydrogen-bond donors (Lipinski definition) is 1. The summed E-state index contributed by atoms with van der Waals surface area (Å²) in [5.41, 5.74) is 0.220. The van der Waals surface area contributed by atoms with Gasteiger partial charge in [-0.2, -0.15) is 0 Å². The summed E-state index contributed by atoms with van der Waals surface area (Å²) < 4.78 is 23.1. The number of amides is 2. The van der Waals surface area contributed by atoms with Crippen molar-refractivity contribution in [2.75, 3.05) is 20.2 Å². The van der Waals surface area contributed by atoms with Crippen LogP contribution in [0.2, 0.25) is 0 Å². The Morgan fingerprint density at radius 1 is 1.16 bits per heavy atom. The van der Waals surface area contributed by atoms with Gasteiger partial charge in [0.15, 0.2) is 0 Å². The van der Waals surface area contributed by atoms with Gasteiger partial charge in [-0.1, -0.05) is 12.1 Å². The number of ether oxygens (including phenoxy) is 2. The normalized spacial score (nSPS) is 20.0. The van der Waals surface area contributed by atoms with Gasteiger partial charge in [0, 0.05) is 18.7 Å². The predicted molar refractivity (Wildman–Crippen MR) is 122 cm³/mol. The number of carbonyl (C=O) groups excluding carboxylic acids is 2. The molecule has 1 N–H and O–H groups in total. The summed E-state index contributed by atoms with van der Waals surface area (Å²) in [5, 5.41) is 2.96. The highest BCUT2D eigenvalue weighted by atomic mass is 16.7. The Morgan fingerprint density at radius 2 is 1.75 bits per heavy atom. The van der Waals surface area contributed by atoms with Gasteiger partial charge in [-0.3, -0.25) is 4.79 Å². The third-order valence-electron chi connectivity index (χ3n) is 6.09. The average Bonchev–Trinajstić information content (AvgIpc) is 2.84. The van der Waals surface area contributed by atoms with Gasteiger partial charge in [0.05, 0.1) is 30.8 Å². The first-order valence-corrected chi connectivity index (χ1v) is 11.0. The number of benzene rings is 1. The summed E-state index contributed by atoms with van der Waals surface area (Å²) in [6.45, 7) is 14.4. The Bertz CT molecular complexity index is 858. The van der Waals surface area contributed by atoms with Crippen molar-refractivity contribution in [3.8, 4) is 5.75 Å². The zero-order valence-electron chi connectivity index (χ0n) is 20.4. The molecule has 0 atom stereocenters. The molecule has 0 spiro atoms. The van der Waals surface area contributed by atoms with Gasteiger partial charge in [-0.05, 0) is 60.0 Å². The van der Waals surface area contributed by atoms with Crippen LogP contribution in [0.15, 0.2) is 18.2 Å². The summed E-state index contributed by atoms with van der Waals surface area (Å²) in [4.78, 5) is 26.2. The molecule has 0 saturated carbocycles. The smallest absolute Gasteiger partial charge is 0.494 e. The Kier molecular flexibility index (Phi) is 6.55. The monoisotopic (exact) mass is 446 g/mol. The molecule has 2 aliphatic rings. The van der Waals surface area contributed by atoms with Crippen molar-refractivity contribution in [2.24, 2.45) is 0 Å². The second-order valence-corrected chi connectivity index (χ2v) is 10.5. The maximum atomic E-state index is 12.5. The molecule has 0 aliphatic carbocycles. The number of methoxy groups -OCH3 is 1. The third kappa shape index (κ3) is 5.38. The van der Waals surface area contributed by atoms with Crippen molar-refractivity contribution in [3.05, 3.63) is 23.8 Å². The highest BCUT2D eigenvalue weighted by Gasteiger charge is 2.51. The zero-order valence-corrected chi connectivity index (χ0v) is 20.4. The Labute approximate surface area is 191 Å². The van der Waals surface area contributed by atoms with E-state index in [1.807, 2.05) is 66.7 Å². The van der Waals surface area contributed by atoms with Gasteiger partial charge in [0.1, 0.15) is 11.4 Å². The number of likely N-dealkylation sites (tertiary alicyclic amines) is 1. The van der Waals surface area contributed by atoms with Crippen LogP contribution in [0.3, 0.4) is 0 Å². The van der Waals surface area contributed by atoms with Crippen molar-refractivity contribution >= 4 is 24.6 Å². The number of hydrogen-bond acceptors (Lipinski definition) is 6. The van der Waals surface area contributed by atoms with Crippen LogP contribution in [0.5, 0.6) is 5.75 Å². The summed E-state index contributed by atoms with van der Waals surface area (Å²) >= 11 is 0. The minimum absolute atomic E-state index is 0.0787. The number of rotatable bonds is 5. The molecule has 2 aliphatic heterocycles. The van der Waals surface area contributed by atoms with E-state index >= 15 is 0 Å². The highest BCUT2D eigenvalue weighted by molar-refractivity contribution is 6.62. The fourth-order valence-corrected chi connectivity index (χ4v) is 3.53. The zero-order chi connectivity index (χ0) is 23.9. The van der Waals surface area contributed by atoms with Crippen LogP contribution in [-0.4, -0.2) is 67.1 Å². The van der Waals surface area contributed by atoms with E-state index in [1.54, 1.807) is 12.0 Å². The average molecular weight is 446 g/mol. The van der Waals surface area contributed by atoms with Crippen molar-refractivity contribution in [1.82, 2.24) is 10.2 Å². The molecule has 9 heteroatoms. The van der Waals surface area contributed by atoms with E-state index in [-0.39, 0.29) is 24.5 Å². The molecule has 3 rings (SSSR count).